The fraction of sp³-hybridized carbons (Fsp3) is 0.250. The maximum absolute atomic E-state index is 5.27. The average molecular weight is 320 g/mol. The van der Waals surface area contributed by atoms with Crippen molar-refractivity contribution >= 4 is 15.9 Å². The first kappa shape index (κ1) is 14.1. The van der Waals surface area contributed by atoms with Crippen molar-refractivity contribution in [2.75, 3.05) is 14.2 Å². The Bertz CT molecular complexity index is 542. The predicted molar refractivity (Wildman–Crippen MR) is 82.6 cm³/mol. The zero-order valence-corrected chi connectivity index (χ0v) is 12.8. The summed E-state index contributed by atoms with van der Waals surface area (Å²) in [7, 11) is 3.69. The van der Waals surface area contributed by atoms with Gasteiger partial charge in [-0.25, -0.2) is 0 Å². The molecule has 1 N–H and O–H groups in total. The molecule has 19 heavy (non-hydrogen) atoms. The molecule has 0 aliphatic heterocycles. The third kappa shape index (κ3) is 3.58. The second-order valence-electron chi connectivity index (χ2n) is 4.42. The molecule has 0 aliphatic carbocycles. The molecule has 0 aliphatic rings. The Labute approximate surface area is 122 Å². The molecular formula is C16H18BrNO. The molecule has 0 fully saturated rings. The first-order chi connectivity index (χ1) is 9.24. The molecule has 0 heterocycles. The lowest BCUT2D eigenvalue weighted by atomic mass is 9.99. The lowest BCUT2D eigenvalue weighted by Crippen LogP contribution is -2.19. The highest BCUT2D eigenvalue weighted by atomic mass is 79.9. The van der Waals surface area contributed by atoms with Crippen LogP contribution in [-0.2, 0) is 6.42 Å². The number of hydrogen-bond donors (Lipinski definition) is 1. The SMILES string of the molecule is CNC(Cc1cccc(OC)c1)c1ccccc1Br. The van der Waals surface area contributed by atoms with Gasteiger partial charge in [0.2, 0.25) is 0 Å². The van der Waals surface area contributed by atoms with Gasteiger partial charge < -0.3 is 10.1 Å². The summed E-state index contributed by atoms with van der Waals surface area (Å²) >= 11 is 3.61. The van der Waals surface area contributed by atoms with Gasteiger partial charge in [-0.2, -0.15) is 0 Å². The topological polar surface area (TPSA) is 21.3 Å². The van der Waals surface area contributed by atoms with Crippen LogP contribution >= 0.6 is 15.9 Å². The first-order valence-corrected chi connectivity index (χ1v) is 7.08. The molecule has 2 rings (SSSR count). The van der Waals surface area contributed by atoms with Gasteiger partial charge >= 0.3 is 0 Å². The van der Waals surface area contributed by atoms with E-state index < -0.39 is 0 Å². The van der Waals surface area contributed by atoms with E-state index in [0.29, 0.717) is 0 Å². The smallest absolute Gasteiger partial charge is 0.119 e. The van der Waals surface area contributed by atoms with Gasteiger partial charge in [-0.3, -0.25) is 0 Å². The molecular weight excluding hydrogens is 302 g/mol. The highest BCUT2D eigenvalue weighted by molar-refractivity contribution is 9.10. The summed E-state index contributed by atoms with van der Waals surface area (Å²) in [5.41, 5.74) is 2.53. The predicted octanol–water partition coefficient (Wildman–Crippen LogP) is 3.96. The molecule has 0 bridgehead atoms. The van der Waals surface area contributed by atoms with Crippen molar-refractivity contribution < 1.29 is 4.74 Å². The summed E-state index contributed by atoms with van der Waals surface area (Å²) < 4.78 is 6.41. The summed E-state index contributed by atoms with van der Waals surface area (Å²) in [6, 6.07) is 16.8. The normalized spacial score (nSPS) is 12.2. The van der Waals surface area contributed by atoms with Crippen molar-refractivity contribution in [3.05, 3.63) is 64.1 Å². The molecule has 2 aromatic carbocycles. The van der Waals surface area contributed by atoms with Crippen LogP contribution in [0.2, 0.25) is 0 Å². The van der Waals surface area contributed by atoms with Crippen LogP contribution in [0.5, 0.6) is 5.75 Å². The zero-order valence-electron chi connectivity index (χ0n) is 11.2. The largest absolute Gasteiger partial charge is 0.497 e. The van der Waals surface area contributed by atoms with Gasteiger partial charge in [0.25, 0.3) is 0 Å². The van der Waals surface area contributed by atoms with Crippen LogP contribution in [0.15, 0.2) is 53.0 Å². The van der Waals surface area contributed by atoms with Gasteiger partial charge in [-0.15, -0.1) is 0 Å². The molecule has 2 aromatic rings. The van der Waals surface area contributed by atoms with Gasteiger partial charge in [0.1, 0.15) is 5.75 Å². The Morgan fingerprint density at radius 1 is 1.16 bits per heavy atom. The molecule has 1 atom stereocenters. The maximum Gasteiger partial charge on any atom is 0.119 e. The number of methoxy groups -OCH3 is 1. The summed E-state index contributed by atoms with van der Waals surface area (Å²) in [4.78, 5) is 0. The van der Waals surface area contributed by atoms with E-state index in [1.54, 1.807) is 7.11 Å². The molecule has 0 saturated carbocycles. The third-order valence-electron chi connectivity index (χ3n) is 3.20. The Morgan fingerprint density at radius 3 is 2.63 bits per heavy atom. The van der Waals surface area contributed by atoms with Crippen molar-refractivity contribution in [3.63, 3.8) is 0 Å². The van der Waals surface area contributed by atoms with Crippen molar-refractivity contribution in [3.8, 4) is 5.75 Å². The molecule has 0 saturated heterocycles. The van der Waals surface area contributed by atoms with Gasteiger partial charge in [0.15, 0.2) is 0 Å². The number of ether oxygens (including phenoxy) is 1. The summed E-state index contributed by atoms with van der Waals surface area (Å²) in [6.45, 7) is 0. The fourth-order valence-corrected chi connectivity index (χ4v) is 2.72. The van der Waals surface area contributed by atoms with Crippen molar-refractivity contribution in [2.45, 2.75) is 12.5 Å². The Morgan fingerprint density at radius 2 is 1.95 bits per heavy atom. The van der Waals surface area contributed by atoms with E-state index >= 15 is 0 Å². The highest BCUT2D eigenvalue weighted by Gasteiger charge is 2.13. The molecule has 0 spiro atoms. The molecule has 100 valence electrons. The van der Waals surface area contributed by atoms with Crippen LogP contribution < -0.4 is 10.1 Å². The number of halogens is 1. The summed E-state index contributed by atoms with van der Waals surface area (Å²) in [5, 5.41) is 3.37. The lowest BCUT2D eigenvalue weighted by Gasteiger charge is -2.18. The van der Waals surface area contributed by atoms with E-state index in [1.165, 1.54) is 11.1 Å². The van der Waals surface area contributed by atoms with Crippen LogP contribution in [-0.4, -0.2) is 14.2 Å². The molecule has 1 unspecified atom stereocenters. The van der Waals surface area contributed by atoms with E-state index in [0.717, 1.165) is 16.6 Å². The van der Waals surface area contributed by atoms with Crippen molar-refractivity contribution in [1.82, 2.24) is 5.32 Å². The van der Waals surface area contributed by atoms with Crippen molar-refractivity contribution in [1.29, 1.82) is 0 Å². The van der Waals surface area contributed by atoms with E-state index in [9.17, 15) is 0 Å². The number of rotatable bonds is 5. The van der Waals surface area contributed by atoms with Crippen LogP contribution in [0.1, 0.15) is 17.2 Å². The minimum Gasteiger partial charge on any atom is -0.497 e. The lowest BCUT2D eigenvalue weighted by molar-refractivity contribution is 0.414. The molecule has 2 nitrogen and oxygen atoms in total. The van der Waals surface area contributed by atoms with Crippen LogP contribution in [0, 0.1) is 0 Å². The number of likely N-dealkylation sites (N-methyl/N-ethyl adjacent to an activating group) is 1. The Balaban J connectivity index is 2.21. The van der Waals surface area contributed by atoms with Crippen LogP contribution in [0.3, 0.4) is 0 Å². The standard InChI is InChI=1S/C16H18BrNO/c1-18-16(14-8-3-4-9-15(14)17)11-12-6-5-7-13(10-12)19-2/h3-10,16,18H,11H2,1-2H3. The van der Waals surface area contributed by atoms with E-state index in [2.05, 4.69) is 51.6 Å². The fourth-order valence-electron chi connectivity index (χ4n) is 2.16. The zero-order chi connectivity index (χ0) is 13.7. The van der Waals surface area contributed by atoms with Gasteiger partial charge in [0, 0.05) is 10.5 Å². The van der Waals surface area contributed by atoms with Gasteiger partial charge in [0.05, 0.1) is 7.11 Å². The quantitative estimate of drug-likeness (QED) is 0.900. The van der Waals surface area contributed by atoms with Gasteiger partial charge in [-0.1, -0.05) is 46.3 Å². The molecule has 0 radical (unpaired) electrons. The Kier molecular flexibility index (Phi) is 5.00. The minimum atomic E-state index is 0.280. The number of hydrogen-bond acceptors (Lipinski definition) is 2. The maximum atomic E-state index is 5.27. The number of nitrogens with one attached hydrogen (secondary N) is 1. The van der Waals surface area contributed by atoms with E-state index in [1.807, 2.05) is 25.2 Å². The minimum absolute atomic E-state index is 0.280. The highest BCUT2D eigenvalue weighted by Crippen LogP contribution is 2.26. The second-order valence-corrected chi connectivity index (χ2v) is 5.27. The van der Waals surface area contributed by atoms with Crippen molar-refractivity contribution in [2.24, 2.45) is 0 Å². The summed E-state index contributed by atoms with van der Waals surface area (Å²) in [6.07, 6.45) is 0.927. The molecule has 0 amide bonds. The number of benzene rings is 2. The van der Waals surface area contributed by atoms with Gasteiger partial charge in [-0.05, 0) is 42.8 Å². The monoisotopic (exact) mass is 319 g/mol. The van der Waals surface area contributed by atoms with Crippen LogP contribution in [0.25, 0.3) is 0 Å². The summed E-state index contributed by atoms with van der Waals surface area (Å²) in [5.74, 6) is 0.902. The van der Waals surface area contributed by atoms with E-state index in [4.69, 9.17) is 4.74 Å². The molecule has 3 heteroatoms. The molecule has 0 aromatic heterocycles. The average Bonchev–Trinajstić information content (AvgIpc) is 2.46. The first-order valence-electron chi connectivity index (χ1n) is 6.29. The Hall–Kier alpha value is -1.32. The third-order valence-corrected chi connectivity index (χ3v) is 3.93. The second kappa shape index (κ2) is 6.73. The van der Waals surface area contributed by atoms with E-state index in [-0.39, 0.29) is 6.04 Å². The van der Waals surface area contributed by atoms with Crippen LogP contribution in [0.4, 0.5) is 0 Å².